The molecule has 0 fully saturated rings. The molecule has 0 saturated heterocycles. The lowest BCUT2D eigenvalue weighted by atomic mass is 10.2. The van der Waals surface area contributed by atoms with Crippen molar-refractivity contribution in [2.45, 2.75) is 0 Å². The summed E-state index contributed by atoms with van der Waals surface area (Å²) < 4.78 is 17.8. The largest absolute Gasteiger partial charge is 0.495 e. The van der Waals surface area contributed by atoms with Gasteiger partial charge in [0.05, 0.1) is 17.8 Å². The van der Waals surface area contributed by atoms with Gasteiger partial charge < -0.3 is 4.74 Å². The Labute approximate surface area is 120 Å². The summed E-state index contributed by atoms with van der Waals surface area (Å²) in [4.78, 5) is 12.1. The standard InChI is InChI=1S/C14H12ClFN2O2/c1-20-13-7-6-11(8-12(13)15)18(17)14(19)9-2-4-10(16)5-3-9/h2-8H,17H2,1H3. The molecule has 0 spiro atoms. The van der Waals surface area contributed by atoms with Gasteiger partial charge >= 0.3 is 0 Å². The maximum Gasteiger partial charge on any atom is 0.272 e. The molecule has 0 unspecified atom stereocenters. The zero-order chi connectivity index (χ0) is 14.7. The smallest absolute Gasteiger partial charge is 0.272 e. The highest BCUT2D eigenvalue weighted by atomic mass is 35.5. The number of anilines is 1. The van der Waals surface area contributed by atoms with Crippen LogP contribution < -0.4 is 15.6 Å². The molecule has 1 amide bonds. The summed E-state index contributed by atoms with van der Waals surface area (Å²) in [6.07, 6.45) is 0. The second-order valence-corrected chi connectivity index (χ2v) is 4.41. The lowest BCUT2D eigenvalue weighted by Gasteiger charge is -2.17. The Hall–Kier alpha value is -2.11. The number of halogens is 2. The van der Waals surface area contributed by atoms with E-state index in [0.29, 0.717) is 16.5 Å². The van der Waals surface area contributed by atoms with Gasteiger partial charge in [0.2, 0.25) is 0 Å². The lowest BCUT2D eigenvalue weighted by molar-refractivity contribution is 0.0987. The molecule has 0 aliphatic carbocycles. The molecule has 0 heterocycles. The zero-order valence-corrected chi connectivity index (χ0v) is 11.4. The minimum atomic E-state index is -0.466. The summed E-state index contributed by atoms with van der Waals surface area (Å²) in [5.41, 5.74) is 0.686. The number of amides is 1. The molecule has 0 saturated carbocycles. The fraction of sp³-hybridized carbons (Fsp3) is 0.0714. The highest BCUT2D eigenvalue weighted by Crippen LogP contribution is 2.28. The maximum atomic E-state index is 12.8. The van der Waals surface area contributed by atoms with Crippen LogP contribution in [0.25, 0.3) is 0 Å². The topological polar surface area (TPSA) is 55.6 Å². The number of nitrogens with two attached hydrogens (primary N) is 1. The van der Waals surface area contributed by atoms with Gasteiger partial charge in [0.25, 0.3) is 5.91 Å². The van der Waals surface area contributed by atoms with E-state index >= 15 is 0 Å². The predicted octanol–water partition coefficient (Wildman–Crippen LogP) is 3.01. The molecule has 0 aliphatic heterocycles. The van der Waals surface area contributed by atoms with Gasteiger partial charge in [0, 0.05) is 5.56 Å². The van der Waals surface area contributed by atoms with Crippen LogP contribution >= 0.6 is 11.6 Å². The van der Waals surface area contributed by atoms with E-state index in [1.165, 1.54) is 37.4 Å². The molecule has 4 nitrogen and oxygen atoms in total. The second-order valence-electron chi connectivity index (χ2n) is 4.00. The number of carbonyl (C=O) groups is 1. The average molecular weight is 295 g/mol. The van der Waals surface area contributed by atoms with Crippen LogP contribution in [0.3, 0.4) is 0 Å². The molecule has 2 aromatic rings. The van der Waals surface area contributed by atoms with Gasteiger partial charge in [0.1, 0.15) is 11.6 Å². The van der Waals surface area contributed by atoms with Crippen LogP contribution in [-0.2, 0) is 0 Å². The van der Waals surface area contributed by atoms with Crippen LogP contribution in [0.5, 0.6) is 5.75 Å². The van der Waals surface area contributed by atoms with Crippen LogP contribution in [0, 0.1) is 5.82 Å². The van der Waals surface area contributed by atoms with Gasteiger partial charge in [-0.15, -0.1) is 0 Å². The summed E-state index contributed by atoms with van der Waals surface area (Å²) in [6.45, 7) is 0. The highest BCUT2D eigenvalue weighted by Gasteiger charge is 2.15. The van der Waals surface area contributed by atoms with E-state index in [9.17, 15) is 9.18 Å². The molecule has 0 atom stereocenters. The van der Waals surface area contributed by atoms with Crippen molar-refractivity contribution < 1.29 is 13.9 Å². The Morgan fingerprint density at radius 1 is 1.25 bits per heavy atom. The van der Waals surface area contributed by atoms with Gasteiger partial charge in [-0.1, -0.05) is 11.6 Å². The van der Waals surface area contributed by atoms with Crippen molar-refractivity contribution in [3.8, 4) is 5.75 Å². The SMILES string of the molecule is COc1ccc(N(N)C(=O)c2ccc(F)cc2)cc1Cl. The normalized spacial score (nSPS) is 10.2. The van der Waals surface area contributed by atoms with E-state index in [1.807, 2.05) is 0 Å². The summed E-state index contributed by atoms with van der Waals surface area (Å²) in [7, 11) is 1.49. The van der Waals surface area contributed by atoms with Gasteiger partial charge in [-0.05, 0) is 42.5 Å². The number of ether oxygens (including phenoxy) is 1. The molecule has 104 valence electrons. The summed E-state index contributed by atoms with van der Waals surface area (Å²) in [6, 6.07) is 9.85. The van der Waals surface area contributed by atoms with Crippen molar-refractivity contribution in [2.24, 2.45) is 5.84 Å². The van der Waals surface area contributed by atoms with Crippen LogP contribution in [0.4, 0.5) is 10.1 Å². The number of methoxy groups -OCH3 is 1. The summed E-state index contributed by atoms with van der Waals surface area (Å²) in [5.74, 6) is 5.36. The first-order valence-corrected chi connectivity index (χ1v) is 6.09. The fourth-order valence-corrected chi connectivity index (χ4v) is 1.91. The molecule has 0 aromatic heterocycles. The maximum absolute atomic E-state index is 12.8. The molecule has 0 radical (unpaired) electrons. The molecular weight excluding hydrogens is 283 g/mol. The van der Waals surface area contributed by atoms with Gasteiger partial charge in [-0.2, -0.15) is 0 Å². The highest BCUT2D eigenvalue weighted by molar-refractivity contribution is 6.32. The van der Waals surface area contributed by atoms with Crippen molar-refractivity contribution in [3.63, 3.8) is 0 Å². The van der Waals surface area contributed by atoms with Crippen LogP contribution in [-0.4, -0.2) is 13.0 Å². The lowest BCUT2D eigenvalue weighted by Crippen LogP contribution is -2.37. The van der Waals surface area contributed by atoms with E-state index < -0.39 is 11.7 Å². The Kier molecular flexibility index (Phi) is 4.22. The third-order valence-corrected chi connectivity index (χ3v) is 3.02. The molecule has 0 aliphatic rings. The van der Waals surface area contributed by atoms with Gasteiger partial charge in [0.15, 0.2) is 0 Å². The third kappa shape index (κ3) is 2.89. The fourth-order valence-electron chi connectivity index (χ4n) is 1.65. The van der Waals surface area contributed by atoms with Gasteiger partial charge in [-0.3, -0.25) is 4.79 Å². The van der Waals surface area contributed by atoms with Crippen LogP contribution in [0.2, 0.25) is 5.02 Å². The Balaban J connectivity index is 2.26. The average Bonchev–Trinajstić information content (AvgIpc) is 2.46. The van der Waals surface area contributed by atoms with E-state index in [-0.39, 0.29) is 5.56 Å². The first-order chi connectivity index (χ1) is 9.52. The van der Waals surface area contributed by atoms with Crippen molar-refractivity contribution >= 4 is 23.2 Å². The Morgan fingerprint density at radius 2 is 1.90 bits per heavy atom. The van der Waals surface area contributed by atoms with E-state index in [2.05, 4.69) is 0 Å². The number of hydrogen-bond donors (Lipinski definition) is 1. The first-order valence-electron chi connectivity index (χ1n) is 5.71. The molecular formula is C14H12ClFN2O2. The van der Waals surface area contributed by atoms with Crippen molar-refractivity contribution in [1.82, 2.24) is 0 Å². The quantitative estimate of drug-likeness (QED) is 0.538. The van der Waals surface area contributed by atoms with Crippen LogP contribution in [0.1, 0.15) is 10.4 Å². The van der Waals surface area contributed by atoms with Crippen molar-refractivity contribution in [1.29, 1.82) is 0 Å². The van der Waals surface area contributed by atoms with E-state index in [0.717, 1.165) is 5.01 Å². The molecule has 20 heavy (non-hydrogen) atoms. The minimum absolute atomic E-state index is 0.279. The molecule has 2 rings (SSSR count). The van der Waals surface area contributed by atoms with Crippen molar-refractivity contribution in [3.05, 3.63) is 58.9 Å². The van der Waals surface area contributed by atoms with E-state index in [4.69, 9.17) is 22.2 Å². The first kappa shape index (κ1) is 14.3. The number of nitrogens with zero attached hydrogens (tertiary/aromatic N) is 1. The number of rotatable bonds is 3. The van der Waals surface area contributed by atoms with E-state index in [1.54, 1.807) is 12.1 Å². The molecule has 6 heteroatoms. The Morgan fingerprint density at radius 3 is 2.45 bits per heavy atom. The number of carbonyl (C=O) groups excluding carboxylic acids is 1. The molecule has 2 aromatic carbocycles. The summed E-state index contributed by atoms with van der Waals surface area (Å²) >= 11 is 5.98. The second kappa shape index (κ2) is 5.90. The Bertz CT molecular complexity index is 632. The van der Waals surface area contributed by atoms with Crippen LogP contribution in [0.15, 0.2) is 42.5 Å². The molecule has 2 N–H and O–H groups in total. The summed E-state index contributed by atoms with van der Waals surface area (Å²) in [5, 5.41) is 1.28. The predicted molar refractivity (Wildman–Crippen MR) is 75.4 cm³/mol. The number of hydrogen-bond acceptors (Lipinski definition) is 3. The number of hydrazine groups is 1. The van der Waals surface area contributed by atoms with Crippen molar-refractivity contribution in [2.75, 3.05) is 12.1 Å². The number of benzene rings is 2. The minimum Gasteiger partial charge on any atom is -0.495 e. The third-order valence-electron chi connectivity index (χ3n) is 2.72. The van der Waals surface area contributed by atoms with Gasteiger partial charge in [-0.25, -0.2) is 15.2 Å². The zero-order valence-electron chi connectivity index (χ0n) is 10.6. The monoisotopic (exact) mass is 294 g/mol. The molecule has 0 bridgehead atoms.